The molecule has 0 unspecified atom stereocenters. The maximum atomic E-state index is 13.4. The molecule has 0 bridgehead atoms. The van der Waals surface area contributed by atoms with Gasteiger partial charge >= 0.3 is 0 Å². The molecule has 1 aliphatic heterocycles. The Hall–Kier alpha value is -3.00. The second kappa shape index (κ2) is 10.7. The zero-order valence-corrected chi connectivity index (χ0v) is 22.1. The molecule has 0 aliphatic carbocycles. The Morgan fingerprint density at radius 1 is 1.14 bits per heavy atom. The van der Waals surface area contributed by atoms with Gasteiger partial charge in [-0.05, 0) is 68.8 Å². The lowest BCUT2D eigenvalue weighted by atomic mass is 9.94. The van der Waals surface area contributed by atoms with Crippen molar-refractivity contribution >= 4 is 44.9 Å². The van der Waals surface area contributed by atoms with Crippen LogP contribution in [0, 0.1) is 12.8 Å². The van der Waals surface area contributed by atoms with Crippen LogP contribution in [0.5, 0.6) is 0 Å². The quantitative estimate of drug-likeness (QED) is 0.473. The van der Waals surface area contributed by atoms with E-state index in [1.165, 1.54) is 17.1 Å². The Labute approximate surface area is 211 Å². The van der Waals surface area contributed by atoms with Crippen LogP contribution in [0.3, 0.4) is 0 Å². The second-order valence-electron chi connectivity index (χ2n) is 9.47. The van der Waals surface area contributed by atoms with Crippen LogP contribution in [0.15, 0.2) is 30.5 Å². The molecular weight excluding hydrogens is 458 g/mol. The number of amides is 2. The molecule has 1 aliphatic rings. The zero-order valence-electron chi connectivity index (χ0n) is 21.3. The topological polar surface area (TPSA) is 78.4 Å². The molecule has 1 N–H and O–H groups in total. The zero-order chi connectivity index (χ0) is 25.1. The van der Waals surface area contributed by atoms with Crippen molar-refractivity contribution in [3.8, 4) is 0 Å². The molecule has 0 radical (unpaired) electrons. The Kier molecular flexibility index (Phi) is 7.69. The first-order valence-electron chi connectivity index (χ1n) is 12.5. The van der Waals surface area contributed by atoms with Gasteiger partial charge in [0.25, 0.3) is 5.91 Å². The summed E-state index contributed by atoms with van der Waals surface area (Å²) < 4.78 is 4.51. The van der Waals surface area contributed by atoms with Gasteiger partial charge in [0, 0.05) is 44.0 Å². The van der Waals surface area contributed by atoms with Crippen molar-refractivity contribution in [3.05, 3.63) is 47.3 Å². The highest BCUT2D eigenvalue weighted by Crippen LogP contribution is 2.37. The number of nitrogens with one attached hydrogen (secondary N) is 1. The summed E-state index contributed by atoms with van der Waals surface area (Å²) in [6.45, 7) is 13.0. The number of carbonyl (C=O) groups excluding carboxylic acids is 2. The van der Waals surface area contributed by atoms with Crippen LogP contribution in [-0.4, -0.2) is 52.3 Å². The van der Waals surface area contributed by atoms with Crippen molar-refractivity contribution in [3.63, 3.8) is 0 Å². The van der Waals surface area contributed by atoms with Crippen molar-refractivity contribution in [2.75, 3.05) is 36.4 Å². The number of carbonyl (C=O) groups is 2. The normalized spacial score (nSPS) is 14.5. The van der Waals surface area contributed by atoms with E-state index in [9.17, 15) is 9.59 Å². The lowest BCUT2D eigenvalue weighted by Gasteiger charge is -2.35. The van der Waals surface area contributed by atoms with Gasteiger partial charge in [-0.2, -0.15) is 4.37 Å². The lowest BCUT2D eigenvalue weighted by Crippen LogP contribution is -2.40. The molecule has 4 rings (SSSR count). The van der Waals surface area contributed by atoms with Gasteiger partial charge in [-0.1, -0.05) is 26.0 Å². The Morgan fingerprint density at radius 2 is 1.80 bits per heavy atom. The van der Waals surface area contributed by atoms with Crippen LogP contribution in [0.1, 0.15) is 68.1 Å². The van der Waals surface area contributed by atoms with Crippen LogP contribution >= 0.6 is 11.5 Å². The smallest absolute Gasteiger partial charge is 0.257 e. The number of rotatable bonds is 7. The van der Waals surface area contributed by atoms with E-state index in [4.69, 9.17) is 0 Å². The molecular formula is C27H35N5O2S. The van der Waals surface area contributed by atoms with Gasteiger partial charge in [-0.25, -0.2) is 4.98 Å². The molecule has 186 valence electrons. The number of aryl methyl sites for hydroxylation is 1. The molecule has 1 saturated heterocycles. The van der Waals surface area contributed by atoms with Gasteiger partial charge in [-0.3, -0.25) is 9.59 Å². The highest BCUT2D eigenvalue weighted by atomic mass is 32.1. The van der Waals surface area contributed by atoms with Gasteiger partial charge in [0.1, 0.15) is 4.83 Å². The number of piperidine rings is 1. The number of benzene rings is 1. The fourth-order valence-corrected chi connectivity index (χ4v) is 5.51. The number of hydrogen-bond acceptors (Lipinski definition) is 6. The van der Waals surface area contributed by atoms with Crippen molar-refractivity contribution in [1.82, 2.24) is 14.3 Å². The predicted octanol–water partition coefficient (Wildman–Crippen LogP) is 5.46. The van der Waals surface area contributed by atoms with Crippen LogP contribution in [-0.2, 0) is 4.79 Å². The number of fused-ring (bicyclic) bond motifs is 1. The summed E-state index contributed by atoms with van der Waals surface area (Å²) in [4.78, 5) is 35.8. The monoisotopic (exact) mass is 493 g/mol. The van der Waals surface area contributed by atoms with E-state index in [2.05, 4.69) is 45.6 Å². The first-order chi connectivity index (χ1) is 16.8. The molecule has 1 fully saturated rings. The summed E-state index contributed by atoms with van der Waals surface area (Å²) in [5, 5.41) is 4.05. The third kappa shape index (κ3) is 5.17. The van der Waals surface area contributed by atoms with E-state index in [1.54, 1.807) is 6.20 Å². The maximum absolute atomic E-state index is 13.4. The molecule has 7 nitrogen and oxygen atoms in total. The molecule has 1 aromatic carbocycles. The highest BCUT2D eigenvalue weighted by Gasteiger charge is 2.30. The van der Waals surface area contributed by atoms with Crippen LogP contribution < -0.4 is 10.2 Å². The third-order valence-corrected chi connectivity index (χ3v) is 7.80. The minimum absolute atomic E-state index is 0.00490. The van der Waals surface area contributed by atoms with E-state index in [0.717, 1.165) is 40.1 Å². The third-order valence-electron chi connectivity index (χ3n) is 6.96. The summed E-state index contributed by atoms with van der Waals surface area (Å²) in [6, 6.07) is 8.10. The van der Waals surface area contributed by atoms with Gasteiger partial charge in [0.15, 0.2) is 0 Å². The van der Waals surface area contributed by atoms with E-state index in [-0.39, 0.29) is 17.7 Å². The van der Waals surface area contributed by atoms with Crippen molar-refractivity contribution in [2.45, 2.75) is 53.4 Å². The minimum atomic E-state index is -0.0583. The molecule has 2 aromatic heterocycles. The van der Waals surface area contributed by atoms with Crippen molar-refractivity contribution in [2.24, 2.45) is 5.92 Å². The molecule has 3 heterocycles. The second-order valence-corrected chi connectivity index (χ2v) is 10.2. The first-order valence-corrected chi connectivity index (χ1v) is 13.3. The summed E-state index contributed by atoms with van der Waals surface area (Å²) >= 11 is 1.36. The molecule has 0 spiro atoms. The number of nitrogens with zero attached hydrogens (tertiary/aromatic N) is 4. The number of aromatic nitrogens is 2. The van der Waals surface area contributed by atoms with Crippen molar-refractivity contribution in [1.29, 1.82) is 0 Å². The Morgan fingerprint density at radius 3 is 2.40 bits per heavy atom. The average molecular weight is 494 g/mol. The van der Waals surface area contributed by atoms with Crippen molar-refractivity contribution < 1.29 is 9.59 Å². The van der Waals surface area contributed by atoms with Crippen LogP contribution in [0.4, 0.5) is 11.4 Å². The van der Waals surface area contributed by atoms with E-state index in [0.29, 0.717) is 37.7 Å². The SMILES string of the molecule is CCN(CC)C(=O)c1cnc2snc(C)c2c1N1CCC(C(=O)Nc2ccc(C(C)C)cc2)CC1. The molecule has 3 aromatic rings. The summed E-state index contributed by atoms with van der Waals surface area (Å²) in [6.07, 6.45) is 3.17. The van der Waals surface area contributed by atoms with E-state index >= 15 is 0 Å². The fraction of sp³-hybridized carbons (Fsp3) is 0.481. The molecule has 2 amide bonds. The lowest BCUT2D eigenvalue weighted by molar-refractivity contribution is -0.120. The predicted molar refractivity (Wildman–Crippen MR) is 144 cm³/mol. The Bertz CT molecular complexity index is 1190. The number of pyridine rings is 1. The van der Waals surface area contributed by atoms with Gasteiger partial charge in [-0.15, -0.1) is 0 Å². The maximum Gasteiger partial charge on any atom is 0.257 e. The standard InChI is InChI=1S/C27H35N5O2S/c1-6-31(7-2)27(34)22-16-28-26-23(18(5)30-35-26)24(22)32-14-12-20(13-15-32)25(33)29-21-10-8-19(9-11-21)17(3)4/h8-11,16-17,20H,6-7,12-15H2,1-5H3,(H,29,33). The summed E-state index contributed by atoms with van der Waals surface area (Å²) in [5.41, 5.74) is 4.53. The number of hydrogen-bond donors (Lipinski definition) is 1. The average Bonchev–Trinajstić information content (AvgIpc) is 3.25. The van der Waals surface area contributed by atoms with Gasteiger partial charge in [0.05, 0.1) is 22.3 Å². The molecule has 0 atom stereocenters. The van der Waals surface area contributed by atoms with Gasteiger partial charge < -0.3 is 15.1 Å². The molecule has 0 saturated carbocycles. The minimum Gasteiger partial charge on any atom is -0.370 e. The van der Waals surface area contributed by atoms with E-state index in [1.807, 2.05) is 37.8 Å². The Balaban J connectivity index is 1.52. The summed E-state index contributed by atoms with van der Waals surface area (Å²) in [7, 11) is 0. The molecule has 8 heteroatoms. The first kappa shape index (κ1) is 25.1. The van der Waals surface area contributed by atoms with Crippen LogP contribution in [0.25, 0.3) is 10.2 Å². The molecule has 35 heavy (non-hydrogen) atoms. The number of anilines is 2. The highest BCUT2D eigenvalue weighted by molar-refractivity contribution is 7.13. The van der Waals surface area contributed by atoms with Crippen LogP contribution in [0.2, 0.25) is 0 Å². The van der Waals surface area contributed by atoms with E-state index < -0.39 is 0 Å². The largest absolute Gasteiger partial charge is 0.370 e. The fourth-order valence-electron chi connectivity index (χ4n) is 4.76. The summed E-state index contributed by atoms with van der Waals surface area (Å²) in [5.74, 6) is 0.464. The van der Waals surface area contributed by atoms with Gasteiger partial charge in [0.2, 0.25) is 5.91 Å².